The summed E-state index contributed by atoms with van der Waals surface area (Å²) in [5, 5.41) is 9.21. The quantitative estimate of drug-likeness (QED) is 0.621. The van der Waals surface area contributed by atoms with Gasteiger partial charge in [-0.15, -0.1) is 0 Å². The lowest BCUT2D eigenvalue weighted by atomic mass is 10.1. The van der Waals surface area contributed by atoms with Crippen molar-refractivity contribution >= 4 is 6.09 Å². The highest BCUT2D eigenvalue weighted by atomic mass is 16.6. The van der Waals surface area contributed by atoms with Crippen LogP contribution in [0.3, 0.4) is 0 Å². The summed E-state index contributed by atoms with van der Waals surface area (Å²) in [6.07, 6.45) is 4.10. The van der Waals surface area contributed by atoms with Gasteiger partial charge in [0, 0.05) is 30.2 Å². The molecule has 1 amide bonds. The zero-order valence-electron chi connectivity index (χ0n) is 13.8. The van der Waals surface area contributed by atoms with Crippen LogP contribution in [0.2, 0.25) is 0 Å². The maximum absolute atomic E-state index is 11.5. The first-order valence-corrected chi connectivity index (χ1v) is 7.63. The first-order chi connectivity index (χ1) is 9.65. The first kappa shape index (κ1) is 17.5. The van der Waals surface area contributed by atoms with Crippen LogP contribution in [0.25, 0.3) is 0 Å². The maximum Gasteiger partial charge on any atom is 0.407 e. The second kappa shape index (κ2) is 7.43. The average Bonchev–Trinajstić information content (AvgIpc) is 2.70. The zero-order chi connectivity index (χ0) is 16.0. The summed E-state index contributed by atoms with van der Waals surface area (Å²) in [5.74, 6) is 0.615. The van der Waals surface area contributed by atoms with E-state index in [2.05, 4.69) is 36.7 Å². The predicted molar refractivity (Wildman–Crippen MR) is 84.5 cm³/mol. The summed E-state index contributed by atoms with van der Waals surface area (Å²) in [4.78, 5) is 11.5. The van der Waals surface area contributed by atoms with Gasteiger partial charge in [-0.3, -0.25) is 0 Å². The van der Waals surface area contributed by atoms with E-state index < -0.39 is 0 Å². The monoisotopic (exact) mass is 298 g/mol. The maximum atomic E-state index is 11.5. The van der Waals surface area contributed by atoms with Crippen LogP contribution >= 0.6 is 0 Å². The summed E-state index contributed by atoms with van der Waals surface area (Å²) in [6, 6.07) is 0.390. The van der Waals surface area contributed by atoms with Crippen LogP contribution in [-0.2, 0) is 4.74 Å². The smallest absolute Gasteiger partial charge is 0.407 e. The molecule has 1 saturated carbocycles. The fraction of sp³-hybridized carbons (Fsp3) is 0.800. The van der Waals surface area contributed by atoms with Gasteiger partial charge in [0.05, 0.1) is 0 Å². The summed E-state index contributed by atoms with van der Waals surface area (Å²) in [7, 11) is 0. The molecule has 0 aromatic heterocycles. The van der Waals surface area contributed by atoms with Crippen molar-refractivity contribution in [1.82, 2.24) is 16.0 Å². The molecule has 2 atom stereocenters. The van der Waals surface area contributed by atoms with Crippen molar-refractivity contribution in [2.45, 2.75) is 77.6 Å². The van der Waals surface area contributed by atoms with Crippen LogP contribution in [0.15, 0.2) is 12.0 Å². The van der Waals surface area contributed by atoms with Gasteiger partial charge in [0.25, 0.3) is 0 Å². The van der Waals surface area contributed by atoms with Gasteiger partial charge in [0.1, 0.15) is 11.9 Å². The number of carbonyl (C=O) groups excluding carboxylic acids is 1. The first-order valence-electron chi connectivity index (χ1n) is 7.63. The molecule has 21 heavy (non-hydrogen) atoms. The van der Waals surface area contributed by atoms with Gasteiger partial charge in [-0.25, -0.2) is 4.79 Å². The summed E-state index contributed by atoms with van der Waals surface area (Å²) < 4.78 is 5.38. The third-order valence-corrected chi connectivity index (χ3v) is 3.06. The van der Waals surface area contributed by atoms with Gasteiger partial charge >= 0.3 is 6.09 Å². The Kier molecular flexibility index (Phi) is 6.18. The number of hydrogen-bond acceptors (Lipinski definition) is 5. The SMILES string of the molecule is CC(C)NC(=O)OC1CCC(N/C=C(/N)NC(C)(C)C)C1. The minimum Gasteiger partial charge on any atom is -0.446 e. The van der Waals surface area contributed by atoms with Crippen LogP contribution in [0.5, 0.6) is 0 Å². The molecule has 1 fully saturated rings. The molecule has 5 N–H and O–H groups in total. The molecule has 0 radical (unpaired) electrons. The van der Waals surface area contributed by atoms with E-state index in [4.69, 9.17) is 10.5 Å². The highest BCUT2D eigenvalue weighted by Crippen LogP contribution is 2.22. The molecule has 1 rings (SSSR count). The van der Waals surface area contributed by atoms with Gasteiger partial charge in [-0.2, -0.15) is 0 Å². The molecule has 0 aromatic rings. The Morgan fingerprint density at radius 3 is 2.57 bits per heavy atom. The van der Waals surface area contributed by atoms with E-state index in [0.717, 1.165) is 19.3 Å². The molecule has 1 aliphatic rings. The number of alkyl carbamates (subject to hydrolysis) is 1. The van der Waals surface area contributed by atoms with Crippen molar-refractivity contribution in [3.05, 3.63) is 12.0 Å². The van der Waals surface area contributed by atoms with Crippen molar-refractivity contribution < 1.29 is 9.53 Å². The van der Waals surface area contributed by atoms with Crippen LogP contribution in [0, 0.1) is 0 Å². The lowest BCUT2D eigenvalue weighted by Gasteiger charge is -2.22. The highest BCUT2D eigenvalue weighted by Gasteiger charge is 2.27. The Bertz CT molecular complexity index is 374. The van der Waals surface area contributed by atoms with Crippen LogP contribution in [-0.4, -0.2) is 29.8 Å². The van der Waals surface area contributed by atoms with E-state index in [1.54, 1.807) is 6.20 Å². The van der Waals surface area contributed by atoms with Crippen LogP contribution in [0.1, 0.15) is 53.9 Å². The minimum atomic E-state index is -0.333. The average molecular weight is 298 g/mol. The zero-order valence-corrected chi connectivity index (χ0v) is 13.8. The second-order valence-corrected chi connectivity index (χ2v) is 6.98. The van der Waals surface area contributed by atoms with Gasteiger partial charge in [-0.05, 0) is 47.5 Å². The molecule has 1 aliphatic carbocycles. The molecule has 0 heterocycles. The van der Waals surface area contributed by atoms with Crippen molar-refractivity contribution in [2.24, 2.45) is 5.73 Å². The van der Waals surface area contributed by atoms with E-state index in [-0.39, 0.29) is 23.8 Å². The van der Waals surface area contributed by atoms with Crippen molar-refractivity contribution in [1.29, 1.82) is 0 Å². The second-order valence-electron chi connectivity index (χ2n) is 6.98. The van der Waals surface area contributed by atoms with Gasteiger partial charge < -0.3 is 26.4 Å². The molecule has 0 saturated heterocycles. The molecule has 0 bridgehead atoms. The number of ether oxygens (including phenoxy) is 1. The number of rotatable bonds is 5. The van der Waals surface area contributed by atoms with E-state index >= 15 is 0 Å². The van der Waals surface area contributed by atoms with Crippen molar-refractivity contribution in [2.75, 3.05) is 0 Å². The molecule has 6 nitrogen and oxygen atoms in total. The van der Waals surface area contributed by atoms with Crippen molar-refractivity contribution in [3.8, 4) is 0 Å². The number of amides is 1. The molecule has 0 spiro atoms. The number of nitrogens with two attached hydrogens (primary N) is 1. The van der Waals surface area contributed by atoms with Gasteiger partial charge in [-0.1, -0.05) is 0 Å². The molecule has 122 valence electrons. The summed E-state index contributed by atoms with van der Waals surface area (Å²) >= 11 is 0. The Morgan fingerprint density at radius 1 is 1.33 bits per heavy atom. The topological polar surface area (TPSA) is 88.4 Å². The number of nitrogens with one attached hydrogen (secondary N) is 3. The normalized spacial score (nSPS) is 23.0. The fourth-order valence-electron chi connectivity index (χ4n) is 2.30. The van der Waals surface area contributed by atoms with Gasteiger partial charge in [0.15, 0.2) is 0 Å². The molecule has 0 aromatic carbocycles. The predicted octanol–water partition coefficient (Wildman–Crippen LogP) is 1.78. The third-order valence-electron chi connectivity index (χ3n) is 3.06. The summed E-state index contributed by atoms with van der Waals surface area (Å²) in [5.41, 5.74) is 5.84. The Balaban J connectivity index is 2.31. The summed E-state index contributed by atoms with van der Waals surface area (Å²) in [6.45, 7) is 9.99. The third kappa shape index (κ3) is 7.68. The van der Waals surface area contributed by atoms with E-state index in [1.807, 2.05) is 13.8 Å². The Labute approximate surface area is 127 Å². The standard InChI is InChI=1S/C15H30N4O2/c1-10(2)18-14(20)21-12-7-6-11(8-12)17-9-13(16)19-15(3,4)5/h9-12,17,19H,6-8,16H2,1-5H3,(H,18,20)/b13-9-. The lowest BCUT2D eigenvalue weighted by Crippen LogP contribution is -2.39. The minimum absolute atomic E-state index is 0.0218. The van der Waals surface area contributed by atoms with E-state index in [9.17, 15) is 4.79 Å². The number of carbonyl (C=O) groups is 1. The van der Waals surface area contributed by atoms with Crippen LogP contribution in [0.4, 0.5) is 4.79 Å². The lowest BCUT2D eigenvalue weighted by molar-refractivity contribution is 0.0979. The van der Waals surface area contributed by atoms with Crippen LogP contribution < -0.4 is 21.7 Å². The Hall–Kier alpha value is -1.59. The van der Waals surface area contributed by atoms with Crippen molar-refractivity contribution in [3.63, 3.8) is 0 Å². The van der Waals surface area contributed by atoms with Gasteiger partial charge in [0.2, 0.25) is 0 Å². The molecule has 0 aliphatic heterocycles. The van der Waals surface area contributed by atoms with E-state index in [0.29, 0.717) is 11.9 Å². The number of hydrogen-bond donors (Lipinski definition) is 4. The highest BCUT2D eigenvalue weighted by molar-refractivity contribution is 5.67. The fourth-order valence-corrected chi connectivity index (χ4v) is 2.30. The molecule has 6 heteroatoms. The Morgan fingerprint density at radius 2 is 2.00 bits per heavy atom. The van der Waals surface area contributed by atoms with E-state index in [1.165, 1.54) is 0 Å². The molecular formula is C15H30N4O2. The largest absolute Gasteiger partial charge is 0.446 e. The molecule has 2 unspecified atom stereocenters. The molecular weight excluding hydrogens is 268 g/mol.